The molecule has 0 spiro atoms. The number of carbonyl (C=O) groups excluding carboxylic acids is 1. The molecule has 1 amide bonds. The van der Waals surface area contributed by atoms with Gasteiger partial charge in [0.05, 0.1) is 6.04 Å². The lowest BCUT2D eigenvalue weighted by molar-refractivity contribution is -0.116. The predicted molar refractivity (Wildman–Crippen MR) is 99.5 cm³/mol. The van der Waals surface area contributed by atoms with E-state index in [9.17, 15) is 9.35 Å². The van der Waals surface area contributed by atoms with Crippen molar-refractivity contribution in [2.75, 3.05) is 5.32 Å². The molecule has 1 saturated carbocycles. The van der Waals surface area contributed by atoms with Gasteiger partial charge in [0, 0.05) is 27.9 Å². The molecule has 23 heavy (non-hydrogen) atoms. The van der Waals surface area contributed by atoms with Crippen LogP contribution in [0.5, 0.6) is 0 Å². The van der Waals surface area contributed by atoms with Crippen LogP contribution >= 0.6 is 15.9 Å². The summed E-state index contributed by atoms with van der Waals surface area (Å²) in [5, 5.41) is 2.91. The van der Waals surface area contributed by atoms with Crippen LogP contribution in [0.15, 0.2) is 28.7 Å². The van der Waals surface area contributed by atoms with E-state index in [1.165, 1.54) is 0 Å². The smallest absolute Gasteiger partial charge is 0.224 e. The van der Waals surface area contributed by atoms with Crippen LogP contribution in [0, 0.1) is 5.92 Å². The van der Waals surface area contributed by atoms with Crippen molar-refractivity contribution in [1.29, 1.82) is 0 Å². The quantitative estimate of drug-likeness (QED) is 0.679. The second-order valence-corrected chi connectivity index (χ2v) is 9.95. The second-order valence-electron chi connectivity index (χ2n) is 7.04. The van der Waals surface area contributed by atoms with Gasteiger partial charge in [0.25, 0.3) is 0 Å². The van der Waals surface area contributed by atoms with Crippen LogP contribution in [0.1, 0.15) is 46.5 Å². The fourth-order valence-electron chi connectivity index (χ4n) is 2.28. The zero-order valence-corrected chi connectivity index (χ0v) is 16.3. The van der Waals surface area contributed by atoms with Crippen molar-refractivity contribution >= 4 is 38.9 Å². The Kier molecular flexibility index (Phi) is 6.54. The number of nitrogens with one attached hydrogen (secondary N) is 2. The van der Waals surface area contributed by atoms with Crippen LogP contribution in [0.4, 0.5) is 5.69 Å². The van der Waals surface area contributed by atoms with E-state index in [1.54, 1.807) is 0 Å². The molecular formula is C17H25BrN2O2S. The highest BCUT2D eigenvalue weighted by Gasteiger charge is 2.37. The predicted octanol–water partition coefficient (Wildman–Crippen LogP) is 4.00. The van der Waals surface area contributed by atoms with Crippen molar-refractivity contribution in [3.63, 3.8) is 0 Å². The molecule has 1 aliphatic carbocycles. The lowest BCUT2D eigenvalue weighted by atomic mass is 10.1. The molecule has 2 atom stereocenters. The molecule has 1 aliphatic rings. The van der Waals surface area contributed by atoms with E-state index in [0.29, 0.717) is 18.8 Å². The van der Waals surface area contributed by atoms with Crippen molar-refractivity contribution in [1.82, 2.24) is 4.72 Å². The van der Waals surface area contributed by atoms with Gasteiger partial charge in [-0.1, -0.05) is 22.0 Å². The van der Waals surface area contributed by atoms with Gasteiger partial charge in [-0.25, -0.2) is 0 Å². The number of carbonyl (C=O) groups is 1. The molecule has 6 heteroatoms. The van der Waals surface area contributed by atoms with E-state index < -0.39 is 11.4 Å². The van der Waals surface area contributed by atoms with Crippen LogP contribution in [-0.4, -0.2) is 21.2 Å². The van der Waals surface area contributed by atoms with Crippen LogP contribution in [0.2, 0.25) is 0 Å². The number of amides is 1. The number of hydrogen-bond donors (Lipinski definition) is 2. The van der Waals surface area contributed by atoms with Crippen molar-refractivity contribution in [2.45, 2.75) is 57.2 Å². The molecule has 2 rings (SSSR count). The molecule has 0 aliphatic heterocycles. The van der Waals surface area contributed by atoms with E-state index in [-0.39, 0.29) is 16.7 Å². The maximum Gasteiger partial charge on any atom is 0.224 e. The minimum atomic E-state index is -1.09. The first-order chi connectivity index (χ1) is 10.8. The molecule has 0 radical (unpaired) electrons. The summed E-state index contributed by atoms with van der Waals surface area (Å²) in [6.07, 6.45) is 3.47. The first-order valence-corrected chi connectivity index (χ1v) is 9.93. The van der Waals surface area contributed by atoms with Gasteiger partial charge in [-0.2, -0.15) is 0 Å². The highest BCUT2D eigenvalue weighted by Crippen LogP contribution is 2.35. The van der Waals surface area contributed by atoms with Crippen LogP contribution in [0.25, 0.3) is 0 Å². The van der Waals surface area contributed by atoms with Gasteiger partial charge in [-0.3, -0.25) is 4.79 Å². The lowest BCUT2D eigenvalue weighted by Gasteiger charge is -2.28. The Bertz CT molecular complexity index is 544. The Morgan fingerprint density at radius 1 is 1.43 bits per heavy atom. The van der Waals surface area contributed by atoms with Crippen LogP contribution in [0.3, 0.4) is 0 Å². The van der Waals surface area contributed by atoms with Gasteiger partial charge in [-0.05, 0) is 64.2 Å². The molecule has 0 unspecified atom stereocenters. The second kappa shape index (κ2) is 8.01. The van der Waals surface area contributed by atoms with Gasteiger partial charge in [0.1, 0.15) is 4.75 Å². The monoisotopic (exact) mass is 400 g/mol. The maximum atomic E-state index is 12.3. The van der Waals surface area contributed by atoms with Crippen molar-refractivity contribution < 1.29 is 9.35 Å². The Hall–Kier alpha value is -0.560. The molecule has 0 heterocycles. The SMILES string of the molecule is CC(C)(C)[S@+]([O-])N[C@@H](CCC(=O)Nc1cccc(Br)c1)C1CC1. The topological polar surface area (TPSA) is 64.2 Å². The summed E-state index contributed by atoms with van der Waals surface area (Å²) in [6, 6.07) is 7.71. The fraction of sp³-hybridized carbons (Fsp3) is 0.588. The Morgan fingerprint density at radius 2 is 2.13 bits per heavy atom. The summed E-state index contributed by atoms with van der Waals surface area (Å²) in [5.41, 5.74) is 0.790. The molecule has 1 aromatic rings. The number of hydrogen-bond acceptors (Lipinski definition) is 3. The molecule has 1 aromatic carbocycles. The third-order valence-electron chi connectivity index (χ3n) is 3.80. The zero-order chi connectivity index (χ0) is 17.0. The largest absolute Gasteiger partial charge is 0.598 e. The Balaban J connectivity index is 1.83. The van der Waals surface area contributed by atoms with Crippen molar-refractivity contribution in [2.24, 2.45) is 5.92 Å². The van der Waals surface area contributed by atoms with Crippen molar-refractivity contribution in [3.05, 3.63) is 28.7 Å². The third-order valence-corrected chi connectivity index (χ3v) is 5.92. The molecule has 0 bridgehead atoms. The lowest BCUT2D eigenvalue weighted by Crippen LogP contribution is -2.45. The summed E-state index contributed by atoms with van der Waals surface area (Å²) >= 11 is 2.30. The molecule has 0 saturated heterocycles. The van der Waals surface area contributed by atoms with Gasteiger partial charge in [0.2, 0.25) is 5.91 Å². The summed E-state index contributed by atoms with van der Waals surface area (Å²) < 4.78 is 16.2. The van der Waals surface area contributed by atoms with Crippen molar-refractivity contribution in [3.8, 4) is 0 Å². The zero-order valence-electron chi connectivity index (χ0n) is 13.9. The first kappa shape index (κ1) is 18.8. The van der Waals surface area contributed by atoms with Gasteiger partial charge in [-0.15, -0.1) is 4.72 Å². The average Bonchev–Trinajstić information content (AvgIpc) is 3.26. The minimum absolute atomic E-state index is 0.00269. The normalized spacial score (nSPS) is 17.6. The Morgan fingerprint density at radius 3 is 2.70 bits per heavy atom. The first-order valence-electron chi connectivity index (χ1n) is 7.99. The summed E-state index contributed by atoms with van der Waals surface area (Å²) in [6.45, 7) is 5.88. The summed E-state index contributed by atoms with van der Waals surface area (Å²) in [4.78, 5) is 12.1. The number of halogens is 1. The van der Waals surface area contributed by atoms with E-state index in [2.05, 4.69) is 26.0 Å². The number of benzene rings is 1. The Labute approximate surface area is 150 Å². The molecule has 128 valence electrons. The highest BCUT2D eigenvalue weighted by molar-refractivity contribution is 9.10. The molecule has 1 fully saturated rings. The third kappa shape index (κ3) is 6.45. The number of anilines is 1. The maximum absolute atomic E-state index is 12.3. The molecule has 0 aromatic heterocycles. The standard InChI is InChI=1S/C17H25BrN2O2S/c1-17(2,3)23(22)20-15(12-7-8-12)9-10-16(21)19-14-6-4-5-13(18)11-14/h4-6,11-12,15,20H,7-10H2,1-3H3,(H,19,21)/t15-,23-/m0/s1. The minimum Gasteiger partial charge on any atom is -0.598 e. The van der Waals surface area contributed by atoms with E-state index in [0.717, 1.165) is 23.0 Å². The highest BCUT2D eigenvalue weighted by atomic mass is 79.9. The van der Waals surface area contributed by atoms with Gasteiger partial charge < -0.3 is 9.87 Å². The van der Waals surface area contributed by atoms with E-state index in [4.69, 9.17) is 0 Å². The van der Waals surface area contributed by atoms with Crippen LogP contribution in [-0.2, 0) is 16.2 Å². The molecule has 2 N–H and O–H groups in total. The average molecular weight is 401 g/mol. The molecular weight excluding hydrogens is 376 g/mol. The molecule has 4 nitrogen and oxygen atoms in total. The van der Waals surface area contributed by atoms with Crippen LogP contribution < -0.4 is 10.0 Å². The van der Waals surface area contributed by atoms with Gasteiger partial charge >= 0.3 is 0 Å². The summed E-state index contributed by atoms with van der Waals surface area (Å²) in [7, 11) is 0. The number of rotatable bonds is 7. The summed E-state index contributed by atoms with van der Waals surface area (Å²) in [5.74, 6) is 0.553. The fourth-order valence-corrected chi connectivity index (χ4v) is 3.62. The van der Waals surface area contributed by atoms with E-state index >= 15 is 0 Å². The van der Waals surface area contributed by atoms with E-state index in [1.807, 2.05) is 45.0 Å². The van der Waals surface area contributed by atoms with Gasteiger partial charge in [0.15, 0.2) is 0 Å².